The highest BCUT2D eigenvalue weighted by Gasteiger charge is 2.36. The number of hydrogen-bond donors (Lipinski definition) is 2. The zero-order valence-electron chi connectivity index (χ0n) is 8.64. The highest BCUT2D eigenvalue weighted by Crippen LogP contribution is 2.33. The lowest BCUT2D eigenvalue weighted by atomic mass is 9.85. The van der Waals surface area contributed by atoms with Gasteiger partial charge in [0.15, 0.2) is 0 Å². The number of benzene rings is 1. The van der Waals surface area contributed by atoms with Gasteiger partial charge in [0.2, 0.25) is 0 Å². The minimum atomic E-state index is -4.72. The summed E-state index contributed by atoms with van der Waals surface area (Å²) in [5.41, 5.74) is 6.01. The van der Waals surface area contributed by atoms with Gasteiger partial charge in [0, 0.05) is 18.1 Å². The molecule has 2 rings (SSSR count). The molecule has 0 radical (unpaired) electrons. The van der Waals surface area contributed by atoms with Crippen LogP contribution in [-0.2, 0) is 5.54 Å². The van der Waals surface area contributed by atoms with E-state index in [1.807, 2.05) is 0 Å². The molecule has 0 spiro atoms. The SMILES string of the molecule is NC1(c2ccc(OC(F)(F)F)cc2Cl)CNC1. The van der Waals surface area contributed by atoms with Crippen molar-refractivity contribution in [3.05, 3.63) is 28.8 Å². The summed E-state index contributed by atoms with van der Waals surface area (Å²) >= 11 is 5.90. The van der Waals surface area contributed by atoms with E-state index in [1.54, 1.807) is 0 Å². The summed E-state index contributed by atoms with van der Waals surface area (Å²) in [6, 6.07) is 3.79. The Morgan fingerprint density at radius 2 is 2.00 bits per heavy atom. The molecule has 3 nitrogen and oxygen atoms in total. The maximum atomic E-state index is 12.0. The molecule has 0 aliphatic carbocycles. The predicted molar refractivity (Wildman–Crippen MR) is 56.9 cm³/mol. The Bertz CT molecular complexity index is 432. The topological polar surface area (TPSA) is 47.3 Å². The molecule has 7 heteroatoms. The van der Waals surface area contributed by atoms with Crippen molar-refractivity contribution in [3.63, 3.8) is 0 Å². The van der Waals surface area contributed by atoms with Crippen molar-refractivity contribution in [2.75, 3.05) is 13.1 Å². The molecule has 1 aliphatic heterocycles. The first-order valence-electron chi connectivity index (χ1n) is 4.86. The number of ether oxygens (including phenoxy) is 1. The Morgan fingerprint density at radius 3 is 2.41 bits per heavy atom. The van der Waals surface area contributed by atoms with Crippen LogP contribution >= 0.6 is 11.6 Å². The van der Waals surface area contributed by atoms with Gasteiger partial charge in [-0.3, -0.25) is 0 Å². The Hall–Kier alpha value is -0.980. The molecule has 1 aromatic rings. The van der Waals surface area contributed by atoms with Gasteiger partial charge in [0.25, 0.3) is 0 Å². The molecule has 1 aromatic carbocycles. The summed E-state index contributed by atoms with van der Waals surface area (Å²) in [5, 5.41) is 3.16. The second-order valence-electron chi connectivity index (χ2n) is 3.95. The van der Waals surface area contributed by atoms with Crippen molar-refractivity contribution in [1.82, 2.24) is 5.32 Å². The van der Waals surface area contributed by atoms with Gasteiger partial charge in [0.05, 0.1) is 5.54 Å². The maximum absolute atomic E-state index is 12.0. The summed E-state index contributed by atoms with van der Waals surface area (Å²) in [6.45, 7) is 1.10. The Labute approximate surface area is 101 Å². The van der Waals surface area contributed by atoms with E-state index in [0.717, 1.165) is 6.07 Å². The zero-order valence-corrected chi connectivity index (χ0v) is 9.40. The minimum absolute atomic E-state index is 0.177. The van der Waals surface area contributed by atoms with Crippen LogP contribution in [0.4, 0.5) is 13.2 Å². The maximum Gasteiger partial charge on any atom is 0.573 e. The average molecular weight is 267 g/mol. The lowest BCUT2D eigenvalue weighted by molar-refractivity contribution is -0.274. The van der Waals surface area contributed by atoms with Gasteiger partial charge < -0.3 is 15.8 Å². The van der Waals surface area contributed by atoms with Crippen LogP contribution in [0.1, 0.15) is 5.56 Å². The van der Waals surface area contributed by atoms with Crippen molar-refractivity contribution in [2.24, 2.45) is 5.73 Å². The van der Waals surface area contributed by atoms with Crippen LogP contribution in [0.2, 0.25) is 5.02 Å². The highest BCUT2D eigenvalue weighted by atomic mass is 35.5. The molecule has 0 saturated carbocycles. The van der Waals surface area contributed by atoms with Crippen molar-refractivity contribution in [3.8, 4) is 5.75 Å². The third-order valence-corrected chi connectivity index (χ3v) is 2.90. The molecule has 1 saturated heterocycles. The molecular formula is C10H10ClF3N2O. The third-order valence-electron chi connectivity index (χ3n) is 2.59. The number of nitrogens with two attached hydrogens (primary N) is 1. The molecule has 3 N–H and O–H groups in total. The lowest BCUT2D eigenvalue weighted by Gasteiger charge is -2.40. The summed E-state index contributed by atoms with van der Waals surface area (Å²) < 4.78 is 39.7. The van der Waals surface area contributed by atoms with Crippen molar-refractivity contribution in [2.45, 2.75) is 11.9 Å². The summed E-state index contributed by atoms with van der Waals surface area (Å²) in [6.07, 6.45) is -4.72. The van der Waals surface area contributed by atoms with Crippen molar-refractivity contribution >= 4 is 11.6 Å². The van der Waals surface area contributed by atoms with Crippen LogP contribution in [0.3, 0.4) is 0 Å². The quantitative estimate of drug-likeness (QED) is 0.861. The monoisotopic (exact) mass is 266 g/mol. The van der Waals surface area contributed by atoms with E-state index >= 15 is 0 Å². The molecule has 1 heterocycles. The molecule has 94 valence electrons. The van der Waals surface area contributed by atoms with E-state index in [-0.39, 0.29) is 10.8 Å². The molecule has 0 atom stereocenters. The zero-order chi connectivity index (χ0) is 12.7. The number of alkyl halides is 3. The summed E-state index contributed by atoms with van der Waals surface area (Å²) in [5.74, 6) is -0.345. The van der Waals surface area contributed by atoms with Gasteiger partial charge in [0.1, 0.15) is 5.75 Å². The molecule has 0 unspecified atom stereocenters. The predicted octanol–water partition coefficient (Wildman–Crippen LogP) is 2.00. The van der Waals surface area contributed by atoms with Crippen LogP contribution in [0.15, 0.2) is 18.2 Å². The summed E-state index contributed by atoms with van der Waals surface area (Å²) in [7, 11) is 0. The first-order valence-corrected chi connectivity index (χ1v) is 5.23. The Morgan fingerprint density at radius 1 is 1.35 bits per heavy atom. The number of hydrogen-bond acceptors (Lipinski definition) is 3. The molecule has 0 amide bonds. The van der Waals surface area contributed by atoms with Gasteiger partial charge in [-0.25, -0.2) is 0 Å². The lowest BCUT2D eigenvalue weighted by Crippen LogP contribution is -2.62. The fourth-order valence-electron chi connectivity index (χ4n) is 1.68. The van der Waals surface area contributed by atoms with E-state index in [2.05, 4.69) is 10.1 Å². The van der Waals surface area contributed by atoms with Gasteiger partial charge in [-0.2, -0.15) is 0 Å². The fourth-order valence-corrected chi connectivity index (χ4v) is 2.04. The van der Waals surface area contributed by atoms with E-state index < -0.39 is 11.9 Å². The largest absolute Gasteiger partial charge is 0.573 e. The normalized spacial score (nSPS) is 18.6. The standard InChI is InChI=1S/C10H10ClF3N2O/c11-8-3-6(17-10(12,13)14)1-2-7(8)9(15)4-16-5-9/h1-3,16H,4-5,15H2. The van der Waals surface area contributed by atoms with Crippen LogP contribution in [-0.4, -0.2) is 19.5 Å². The van der Waals surface area contributed by atoms with Gasteiger partial charge in [-0.1, -0.05) is 17.7 Å². The van der Waals surface area contributed by atoms with E-state index in [0.29, 0.717) is 18.7 Å². The van der Waals surface area contributed by atoms with E-state index in [9.17, 15) is 13.2 Å². The van der Waals surface area contributed by atoms with Gasteiger partial charge in [-0.15, -0.1) is 13.2 Å². The van der Waals surface area contributed by atoms with E-state index in [1.165, 1.54) is 12.1 Å². The highest BCUT2D eigenvalue weighted by molar-refractivity contribution is 6.31. The number of rotatable bonds is 2. The smallest absolute Gasteiger partial charge is 0.406 e. The average Bonchev–Trinajstić information content (AvgIpc) is 2.12. The van der Waals surface area contributed by atoms with Gasteiger partial charge >= 0.3 is 6.36 Å². The van der Waals surface area contributed by atoms with E-state index in [4.69, 9.17) is 17.3 Å². The van der Waals surface area contributed by atoms with Crippen molar-refractivity contribution < 1.29 is 17.9 Å². The summed E-state index contributed by atoms with van der Waals surface area (Å²) in [4.78, 5) is 0. The first-order chi connectivity index (χ1) is 7.80. The Kier molecular flexibility index (Phi) is 2.97. The molecule has 1 aliphatic rings. The van der Waals surface area contributed by atoms with Crippen LogP contribution in [0.25, 0.3) is 0 Å². The van der Waals surface area contributed by atoms with Crippen LogP contribution in [0, 0.1) is 0 Å². The van der Waals surface area contributed by atoms with Crippen LogP contribution in [0.5, 0.6) is 5.75 Å². The molecule has 0 bridgehead atoms. The molecular weight excluding hydrogens is 257 g/mol. The Balaban J connectivity index is 2.23. The minimum Gasteiger partial charge on any atom is -0.406 e. The van der Waals surface area contributed by atoms with Crippen molar-refractivity contribution in [1.29, 1.82) is 0 Å². The van der Waals surface area contributed by atoms with Crippen LogP contribution < -0.4 is 15.8 Å². The second kappa shape index (κ2) is 4.04. The molecule has 0 aromatic heterocycles. The first kappa shape index (κ1) is 12.5. The third kappa shape index (κ3) is 2.65. The molecule has 1 fully saturated rings. The fraction of sp³-hybridized carbons (Fsp3) is 0.400. The second-order valence-corrected chi connectivity index (χ2v) is 4.36. The molecule has 17 heavy (non-hydrogen) atoms. The number of nitrogens with one attached hydrogen (secondary N) is 1. The van der Waals surface area contributed by atoms with Gasteiger partial charge in [-0.05, 0) is 17.7 Å². The number of halogens is 4.